The first-order valence-electron chi connectivity index (χ1n) is 11.3. The van der Waals surface area contributed by atoms with Gasteiger partial charge in [-0.3, -0.25) is 9.89 Å². The van der Waals surface area contributed by atoms with E-state index in [2.05, 4.69) is 62.7 Å². The highest BCUT2D eigenvalue weighted by atomic mass is 127. The lowest BCUT2D eigenvalue weighted by Gasteiger charge is -2.31. The number of aliphatic imine (C=N–C) groups is 1. The van der Waals surface area contributed by atoms with Crippen molar-refractivity contribution in [2.75, 3.05) is 52.9 Å². The Labute approximate surface area is 194 Å². The van der Waals surface area contributed by atoms with Crippen molar-refractivity contribution >= 4 is 29.9 Å². The largest absolute Gasteiger partial charge is 0.356 e. The standard InChI is InChI=1S/C23H39N5.HI/c1-3-27-17-12-20(13-18-27)11-14-25-23(24-2)26-19-22(28-15-7-8-16-28)21-9-5-4-6-10-21;/h4-6,9-10,20,22H,3,7-8,11-19H2,1-2H3,(H2,24,25,26);1H. The van der Waals surface area contributed by atoms with E-state index in [-0.39, 0.29) is 24.0 Å². The lowest BCUT2D eigenvalue weighted by atomic mass is 9.93. The summed E-state index contributed by atoms with van der Waals surface area (Å²) in [6.07, 6.45) is 6.55. The summed E-state index contributed by atoms with van der Waals surface area (Å²) in [6, 6.07) is 11.3. The SMILES string of the molecule is CCN1CCC(CCNC(=NC)NCC(c2ccccc2)N2CCCC2)CC1.I. The van der Waals surface area contributed by atoms with E-state index in [1.54, 1.807) is 0 Å². The fraction of sp³-hybridized carbons (Fsp3) is 0.696. The van der Waals surface area contributed by atoms with Crippen LogP contribution >= 0.6 is 24.0 Å². The van der Waals surface area contributed by atoms with Gasteiger partial charge in [0.05, 0.1) is 6.04 Å². The molecule has 2 N–H and O–H groups in total. The first kappa shape index (κ1) is 24.4. The Hall–Kier alpha value is -0.860. The topological polar surface area (TPSA) is 42.9 Å². The second kappa shape index (κ2) is 13.4. The smallest absolute Gasteiger partial charge is 0.191 e. The summed E-state index contributed by atoms with van der Waals surface area (Å²) in [5.74, 6) is 1.79. The molecule has 1 atom stereocenters. The molecule has 0 aromatic heterocycles. The summed E-state index contributed by atoms with van der Waals surface area (Å²) in [5, 5.41) is 7.13. The minimum atomic E-state index is 0. The molecule has 1 aromatic carbocycles. The van der Waals surface area contributed by atoms with Gasteiger partial charge in [-0.25, -0.2) is 0 Å². The van der Waals surface area contributed by atoms with E-state index in [4.69, 9.17) is 0 Å². The lowest BCUT2D eigenvalue weighted by molar-refractivity contribution is 0.187. The minimum Gasteiger partial charge on any atom is -0.356 e. The maximum absolute atomic E-state index is 4.46. The van der Waals surface area contributed by atoms with Gasteiger partial charge in [0.1, 0.15) is 0 Å². The zero-order chi connectivity index (χ0) is 19.6. The van der Waals surface area contributed by atoms with E-state index in [0.717, 1.165) is 25.0 Å². The maximum Gasteiger partial charge on any atom is 0.191 e. The average Bonchev–Trinajstić information content (AvgIpc) is 3.28. The molecule has 0 spiro atoms. The molecule has 3 rings (SSSR count). The van der Waals surface area contributed by atoms with Crippen LogP contribution in [0.5, 0.6) is 0 Å². The van der Waals surface area contributed by atoms with Crippen LogP contribution in [-0.4, -0.2) is 68.6 Å². The Morgan fingerprint density at radius 2 is 1.76 bits per heavy atom. The third-order valence-electron chi connectivity index (χ3n) is 6.45. The number of guanidine groups is 1. The van der Waals surface area contributed by atoms with Crippen LogP contribution in [0.3, 0.4) is 0 Å². The number of rotatable bonds is 8. The molecule has 2 aliphatic heterocycles. The molecule has 2 aliphatic rings. The van der Waals surface area contributed by atoms with Gasteiger partial charge in [-0.1, -0.05) is 37.3 Å². The van der Waals surface area contributed by atoms with Gasteiger partial charge >= 0.3 is 0 Å². The van der Waals surface area contributed by atoms with Crippen molar-refractivity contribution in [1.29, 1.82) is 0 Å². The van der Waals surface area contributed by atoms with Gasteiger partial charge in [0.15, 0.2) is 5.96 Å². The second-order valence-electron chi connectivity index (χ2n) is 8.22. The molecular weight excluding hydrogens is 473 g/mol. The number of likely N-dealkylation sites (tertiary alicyclic amines) is 2. The van der Waals surface area contributed by atoms with Crippen molar-refractivity contribution in [3.05, 3.63) is 35.9 Å². The maximum atomic E-state index is 4.46. The molecule has 2 saturated heterocycles. The van der Waals surface area contributed by atoms with Gasteiger partial charge in [0, 0.05) is 20.1 Å². The molecule has 0 amide bonds. The van der Waals surface area contributed by atoms with E-state index in [9.17, 15) is 0 Å². The molecular formula is C23H40IN5. The molecule has 29 heavy (non-hydrogen) atoms. The van der Waals surface area contributed by atoms with Crippen molar-refractivity contribution in [1.82, 2.24) is 20.4 Å². The number of piperidine rings is 1. The summed E-state index contributed by atoms with van der Waals surface area (Å²) in [5.41, 5.74) is 1.40. The van der Waals surface area contributed by atoms with Crippen LogP contribution in [-0.2, 0) is 0 Å². The monoisotopic (exact) mass is 513 g/mol. The molecule has 2 fully saturated rings. The Bertz CT molecular complexity index is 580. The second-order valence-corrected chi connectivity index (χ2v) is 8.22. The summed E-state index contributed by atoms with van der Waals surface area (Å²) >= 11 is 0. The van der Waals surface area contributed by atoms with Gasteiger partial charge < -0.3 is 15.5 Å². The van der Waals surface area contributed by atoms with E-state index in [0.29, 0.717) is 6.04 Å². The first-order chi connectivity index (χ1) is 13.8. The fourth-order valence-corrected chi connectivity index (χ4v) is 4.59. The van der Waals surface area contributed by atoms with Crippen molar-refractivity contribution in [3.8, 4) is 0 Å². The van der Waals surface area contributed by atoms with Crippen molar-refractivity contribution < 1.29 is 0 Å². The molecule has 164 valence electrons. The van der Waals surface area contributed by atoms with E-state index < -0.39 is 0 Å². The van der Waals surface area contributed by atoms with E-state index in [1.807, 2.05) is 7.05 Å². The highest BCUT2D eigenvalue weighted by molar-refractivity contribution is 14.0. The molecule has 0 aliphatic carbocycles. The van der Waals surface area contributed by atoms with Crippen LogP contribution in [0.4, 0.5) is 0 Å². The average molecular weight is 514 g/mol. The summed E-state index contributed by atoms with van der Waals surface area (Å²) in [7, 11) is 1.88. The Morgan fingerprint density at radius 1 is 1.07 bits per heavy atom. The predicted octanol–water partition coefficient (Wildman–Crippen LogP) is 3.73. The zero-order valence-electron chi connectivity index (χ0n) is 18.3. The number of nitrogens with one attached hydrogen (secondary N) is 2. The van der Waals surface area contributed by atoms with Crippen LogP contribution in [0.15, 0.2) is 35.3 Å². The summed E-state index contributed by atoms with van der Waals surface area (Å²) in [6.45, 7) is 10.3. The van der Waals surface area contributed by atoms with Gasteiger partial charge in [-0.15, -0.1) is 24.0 Å². The van der Waals surface area contributed by atoms with Gasteiger partial charge in [-0.05, 0) is 76.3 Å². The number of benzene rings is 1. The van der Waals surface area contributed by atoms with Crippen LogP contribution < -0.4 is 10.6 Å². The molecule has 2 heterocycles. The number of hydrogen-bond donors (Lipinski definition) is 2. The van der Waals surface area contributed by atoms with Gasteiger partial charge in [-0.2, -0.15) is 0 Å². The van der Waals surface area contributed by atoms with Crippen LogP contribution in [0.1, 0.15) is 50.6 Å². The number of nitrogens with zero attached hydrogens (tertiary/aromatic N) is 3. The van der Waals surface area contributed by atoms with E-state index >= 15 is 0 Å². The molecule has 1 unspecified atom stereocenters. The quantitative estimate of drug-likeness (QED) is 0.316. The Morgan fingerprint density at radius 3 is 2.38 bits per heavy atom. The predicted molar refractivity (Wildman–Crippen MR) is 134 cm³/mol. The van der Waals surface area contributed by atoms with Crippen LogP contribution in [0.2, 0.25) is 0 Å². The van der Waals surface area contributed by atoms with Crippen molar-refractivity contribution in [2.45, 2.75) is 45.1 Å². The normalized spacial score (nSPS) is 20.3. The van der Waals surface area contributed by atoms with Crippen molar-refractivity contribution in [3.63, 3.8) is 0 Å². The molecule has 0 radical (unpaired) electrons. The first-order valence-corrected chi connectivity index (χ1v) is 11.3. The molecule has 1 aromatic rings. The fourth-order valence-electron chi connectivity index (χ4n) is 4.59. The highest BCUT2D eigenvalue weighted by Gasteiger charge is 2.23. The zero-order valence-corrected chi connectivity index (χ0v) is 20.6. The van der Waals surface area contributed by atoms with Crippen LogP contribution in [0.25, 0.3) is 0 Å². The third kappa shape index (κ3) is 7.72. The minimum absolute atomic E-state index is 0. The Kier molecular flexibility index (Phi) is 11.3. The number of hydrogen-bond acceptors (Lipinski definition) is 3. The summed E-state index contributed by atoms with van der Waals surface area (Å²) in [4.78, 5) is 9.63. The summed E-state index contributed by atoms with van der Waals surface area (Å²) < 4.78 is 0. The number of halogens is 1. The Balaban J connectivity index is 0.00000300. The van der Waals surface area contributed by atoms with E-state index in [1.165, 1.54) is 70.4 Å². The molecule has 5 nitrogen and oxygen atoms in total. The highest BCUT2D eigenvalue weighted by Crippen LogP contribution is 2.24. The third-order valence-corrected chi connectivity index (χ3v) is 6.45. The molecule has 0 bridgehead atoms. The molecule has 0 saturated carbocycles. The lowest BCUT2D eigenvalue weighted by Crippen LogP contribution is -2.43. The van der Waals surface area contributed by atoms with Crippen LogP contribution in [0, 0.1) is 5.92 Å². The van der Waals surface area contributed by atoms with Gasteiger partial charge in [0.25, 0.3) is 0 Å². The van der Waals surface area contributed by atoms with Gasteiger partial charge in [0.2, 0.25) is 0 Å². The molecule has 6 heteroatoms. The van der Waals surface area contributed by atoms with Crippen molar-refractivity contribution in [2.24, 2.45) is 10.9 Å².